The summed E-state index contributed by atoms with van der Waals surface area (Å²) in [6.07, 6.45) is 9.07. The number of aromatic nitrogens is 2. The van der Waals surface area contributed by atoms with Crippen LogP contribution in [-0.4, -0.2) is 61.0 Å². The Hall–Kier alpha value is -2.07. The van der Waals surface area contributed by atoms with E-state index in [1.54, 1.807) is 6.07 Å². The molecule has 2 fully saturated rings. The number of hydrogen-bond donors (Lipinski definition) is 1. The predicted molar refractivity (Wildman–Crippen MR) is 180 cm³/mol. The number of hydrogen-bond acceptors (Lipinski definition) is 4. The second kappa shape index (κ2) is 17.0. The van der Waals surface area contributed by atoms with Gasteiger partial charge in [-0.05, 0) is 68.2 Å². The van der Waals surface area contributed by atoms with Gasteiger partial charge < -0.3 is 14.0 Å². The van der Waals surface area contributed by atoms with Crippen molar-refractivity contribution >= 4 is 33.0 Å². The van der Waals surface area contributed by atoms with E-state index in [2.05, 4.69) is 32.7 Å². The quantitative estimate of drug-likeness (QED) is 0.339. The van der Waals surface area contributed by atoms with Gasteiger partial charge in [-0.1, -0.05) is 80.6 Å². The number of amides is 1. The molecule has 0 spiro atoms. The van der Waals surface area contributed by atoms with Gasteiger partial charge in [0.2, 0.25) is 0 Å². The maximum Gasteiger partial charge on any atom is 0.418 e. The van der Waals surface area contributed by atoms with Gasteiger partial charge in [-0.3, -0.25) is 9.59 Å². The second-order valence-electron chi connectivity index (χ2n) is 13.3. The number of imidazole rings is 1. The number of ketones is 1. The number of aryl methyl sites for hydroxylation is 1. The van der Waals surface area contributed by atoms with Crippen LogP contribution in [0.15, 0.2) is 12.1 Å². The van der Waals surface area contributed by atoms with Crippen LogP contribution in [0.1, 0.15) is 134 Å². The molecule has 6 nitrogen and oxygen atoms in total. The molecule has 2 saturated carbocycles. The molecular weight excluding hydrogens is 587 g/mol. The van der Waals surface area contributed by atoms with Crippen LogP contribution in [0, 0.1) is 5.92 Å². The van der Waals surface area contributed by atoms with Crippen molar-refractivity contribution < 1.29 is 27.3 Å². The first kappa shape index (κ1) is 40.0. The number of rotatable bonds is 6. The summed E-state index contributed by atoms with van der Waals surface area (Å²) in [4.78, 5) is 29.9. The summed E-state index contributed by atoms with van der Waals surface area (Å²) in [5, 5.41) is 0. The summed E-state index contributed by atoms with van der Waals surface area (Å²) < 4.78 is 51.6. The largest absolute Gasteiger partial charge is 0.418 e. The zero-order valence-electron chi connectivity index (χ0n) is 29.0. The van der Waals surface area contributed by atoms with E-state index in [9.17, 15) is 27.3 Å². The fraction of sp³-hybridized carbons (Fsp3) is 0.735. The van der Waals surface area contributed by atoms with Crippen LogP contribution in [0.4, 0.5) is 13.2 Å². The molecule has 1 heterocycles. The predicted octanol–water partition coefficient (Wildman–Crippen LogP) is 9.85. The van der Waals surface area contributed by atoms with Gasteiger partial charge >= 0.3 is 6.18 Å². The van der Waals surface area contributed by atoms with Gasteiger partial charge in [0, 0.05) is 18.3 Å². The molecule has 0 unspecified atom stereocenters. The van der Waals surface area contributed by atoms with Gasteiger partial charge in [0.15, 0.2) is 5.82 Å². The minimum absolute atomic E-state index is 0.0764. The standard InChI is InChI=1S/C19H22F3N3O2.C7H14.C6H16OS.C2H6/c1-4-7-25(10-11(2)26)18(27)17-23-15-9-13(12-5-6-12)8-14(19(20,21)22)16(15)24(17)3;1-7-5-3-2-4-6-7;1-6(2,3)8(4,5)7;1-2/h8-9,12H,4-7,10H2,1-3H3;7H,2-6H2,1H3;7H,1-5H3;1-2H3. The van der Waals surface area contributed by atoms with E-state index in [0.717, 1.165) is 18.8 Å². The molecule has 0 atom stereocenters. The van der Waals surface area contributed by atoms with Crippen molar-refractivity contribution in [3.05, 3.63) is 29.1 Å². The average Bonchev–Trinajstić information content (AvgIpc) is 3.71. The molecule has 0 aliphatic heterocycles. The first-order chi connectivity index (χ1) is 20.3. The molecule has 1 aromatic heterocycles. The van der Waals surface area contributed by atoms with Gasteiger partial charge in [-0.15, -0.1) is 10.3 Å². The Balaban J connectivity index is 0.000000465. The third kappa shape index (κ3) is 12.0. The lowest BCUT2D eigenvalue weighted by molar-refractivity contribution is -0.136. The van der Waals surface area contributed by atoms with Crippen LogP contribution < -0.4 is 0 Å². The minimum atomic E-state index is -4.54. The molecule has 1 amide bonds. The maximum absolute atomic E-state index is 13.6. The lowest BCUT2D eigenvalue weighted by Crippen LogP contribution is -2.37. The van der Waals surface area contributed by atoms with E-state index in [1.807, 2.05) is 33.3 Å². The molecule has 0 saturated heterocycles. The van der Waals surface area contributed by atoms with Crippen LogP contribution in [0.2, 0.25) is 0 Å². The number of carbonyl (C=O) groups is 2. The molecule has 0 radical (unpaired) electrons. The Morgan fingerprint density at radius 2 is 1.57 bits per heavy atom. The molecule has 2 aromatic rings. The molecule has 1 N–H and O–H groups in total. The fourth-order valence-electron chi connectivity index (χ4n) is 4.67. The second-order valence-corrected chi connectivity index (χ2v) is 17.0. The van der Waals surface area contributed by atoms with Crippen molar-refractivity contribution in [3.63, 3.8) is 0 Å². The molecular formula is C34H58F3N3O3S. The van der Waals surface area contributed by atoms with Crippen molar-refractivity contribution in [2.24, 2.45) is 13.0 Å². The SMILES string of the molecule is CC.CC(C)(C)S(C)(C)O.CC1CCCCC1.CCCN(CC(C)=O)C(=O)c1nc2cc(C3CC3)cc(C(F)(F)F)c2n1C. The van der Waals surface area contributed by atoms with Gasteiger partial charge in [0.25, 0.3) is 5.91 Å². The number of carbonyl (C=O) groups excluding carboxylic acids is 2. The van der Waals surface area contributed by atoms with Gasteiger partial charge in [0.05, 0.1) is 23.1 Å². The minimum Gasteiger partial charge on any atom is -0.352 e. The van der Waals surface area contributed by atoms with Crippen LogP contribution in [-0.2, 0) is 18.0 Å². The highest BCUT2D eigenvalue weighted by atomic mass is 32.3. The van der Waals surface area contributed by atoms with E-state index < -0.39 is 28.0 Å². The monoisotopic (exact) mass is 645 g/mol. The van der Waals surface area contributed by atoms with Crippen LogP contribution in [0.25, 0.3) is 11.0 Å². The Morgan fingerprint density at radius 1 is 1.05 bits per heavy atom. The number of Topliss-reactive ketones (excluding diaryl/α,β-unsaturated/α-hetero) is 1. The number of nitrogens with zero attached hydrogens (tertiary/aromatic N) is 3. The highest BCUT2D eigenvalue weighted by Crippen LogP contribution is 2.48. The van der Waals surface area contributed by atoms with Crippen molar-refractivity contribution in [3.8, 4) is 0 Å². The van der Waals surface area contributed by atoms with E-state index in [1.165, 1.54) is 61.6 Å². The first-order valence-electron chi connectivity index (χ1n) is 16.1. The van der Waals surface area contributed by atoms with Crippen LogP contribution in [0.3, 0.4) is 0 Å². The zero-order valence-corrected chi connectivity index (χ0v) is 29.8. The number of alkyl halides is 3. The summed E-state index contributed by atoms with van der Waals surface area (Å²) in [6, 6.07) is 2.82. The Morgan fingerprint density at radius 3 is 1.93 bits per heavy atom. The number of halogens is 3. The maximum atomic E-state index is 13.6. The number of fused-ring (bicyclic) bond motifs is 1. The lowest BCUT2D eigenvalue weighted by Gasteiger charge is -2.38. The van der Waals surface area contributed by atoms with Crippen LogP contribution >= 0.6 is 10.3 Å². The Labute approximate surface area is 265 Å². The van der Waals surface area contributed by atoms with E-state index in [4.69, 9.17) is 0 Å². The topological polar surface area (TPSA) is 75.4 Å². The summed E-state index contributed by atoms with van der Waals surface area (Å²) in [5.41, 5.74) is -0.1000. The van der Waals surface area contributed by atoms with Crippen molar-refractivity contribution in [1.82, 2.24) is 14.5 Å². The highest BCUT2D eigenvalue weighted by molar-refractivity contribution is 8.29. The fourth-order valence-corrected chi connectivity index (χ4v) is 4.67. The highest BCUT2D eigenvalue weighted by Gasteiger charge is 2.37. The van der Waals surface area contributed by atoms with Gasteiger partial charge in [-0.25, -0.2) is 4.98 Å². The molecule has 2 aliphatic rings. The molecule has 2 aliphatic carbocycles. The third-order valence-corrected chi connectivity index (χ3v) is 11.1. The average molecular weight is 646 g/mol. The summed E-state index contributed by atoms with van der Waals surface area (Å²) in [5.74, 6) is 0.354. The summed E-state index contributed by atoms with van der Waals surface area (Å²) in [6.45, 7) is 16.0. The molecule has 10 heteroatoms. The van der Waals surface area contributed by atoms with Crippen molar-refractivity contribution in [2.75, 3.05) is 25.6 Å². The van der Waals surface area contributed by atoms with Crippen molar-refractivity contribution in [2.45, 2.75) is 124 Å². The third-order valence-electron chi connectivity index (χ3n) is 8.12. The van der Waals surface area contributed by atoms with E-state index in [0.29, 0.717) is 18.5 Å². The Bertz CT molecular complexity index is 1190. The van der Waals surface area contributed by atoms with Gasteiger partial charge in [-0.2, -0.15) is 13.2 Å². The Kier molecular flexibility index (Phi) is 15.5. The summed E-state index contributed by atoms with van der Waals surface area (Å²) >= 11 is 0. The van der Waals surface area contributed by atoms with Crippen molar-refractivity contribution in [1.29, 1.82) is 0 Å². The molecule has 0 bridgehead atoms. The normalized spacial score (nSPS) is 16.1. The molecule has 254 valence electrons. The molecule has 1 aromatic carbocycles. The molecule has 4 rings (SSSR count). The zero-order chi connectivity index (χ0) is 34.0. The van der Waals surface area contributed by atoms with Crippen LogP contribution in [0.5, 0.6) is 0 Å². The van der Waals surface area contributed by atoms with E-state index in [-0.39, 0.29) is 39.9 Å². The smallest absolute Gasteiger partial charge is 0.352 e. The van der Waals surface area contributed by atoms with Gasteiger partial charge in [0.1, 0.15) is 5.78 Å². The first-order valence-corrected chi connectivity index (χ1v) is 18.5. The molecule has 44 heavy (non-hydrogen) atoms. The summed E-state index contributed by atoms with van der Waals surface area (Å²) in [7, 11) is 0.0689. The van der Waals surface area contributed by atoms with E-state index >= 15 is 0 Å². The number of benzene rings is 1. The lowest BCUT2D eigenvalue weighted by atomic mass is 9.91.